The van der Waals surface area contributed by atoms with E-state index in [4.69, 9.17) is 4.43 Å². The van der Waals surface area contributed by atoms with Gasteiger partial charge in [0.1, 0.15) is 5.78 Å². The number of carboxylic acids is 1. The molecule has 0 saturated heterocycles. The lowest BCUT2D eigenvalue weighted by Crippen LogP contribution is -2.45. The Morgan fingerprint density at radius 1 is 1.19 bits per heavy atom. The summed E-state index contributed by atoms with van der Waals surface area (Å²) in [5, 5.41) is 19.8. The summed E-state index contributed by atoms with van der Waals surface area (Å²) in [5.41, 5.74) is 0. The van der Waals surface area contributed by atoms with Gasteiger partial charge in [-0.05, 0) is 43.3 Å². The topological polar surface area (TPSA) is 83.8 Å². The molecule has 0 aromatic heterocycles. The monoisotopic (exact) mass is 398 g/mol. The lowest BCUT2D eigenvalue weighted by Gasteiger charge is -2.40. The van der Waals surface area contributed by atoms with Gasteiger partial charge < -0.3 is 14.6 Å². The number of aliphatic hydroxyl groups is 1. The maximum Gasteiger partial charge on any atom is 0.303 e. The molecular weight excluding hydrogens is 360 g/mol. The van der Waals surface area contributed by atoms with Gasteiger partial charge in [-0.2, -0.15) is 0 Å². The molecule has 1 aliphatic carbocycles. The van der Waals surface area contributed by atoms with E-state index < -0.39 is 20.4 Å². The van der Waals surface area contributed by atoms with Gasteiger partial charge >= 0.3 is 5.97 Å². The first kappa shape index (κ1) is 24.1. The Morgan fingerprint density at radius 3 is 2.33 bits per heavy atom. The minimum absolute atomic E-state index is 0.0359. The number of hydrogen-bond acceptors (Lipinski definition) is 4. The molecular formula is C21H38O5Si. The second-order valence-corrected chi connectivity index (χ2v) is 14.1. The van der Waals surface area contributed by atoms with Gasteiger partial charge in [-0.3, -0.25) is 9.59 Å². The Hall–Kier alpha value is -0.983. The highest BCUT2D eigenvalue weighted by Crippen LogP contribution is 2.45. The van der Waals surface area contributed by atoms with Crippen molar-refractivity contribution in [2.75, 3.05) is 0 Å². The van der Waals surface area contributed by atoms with Gasteiger partial charge in [0.2, 0.25) is 0 Å². The third kappa shape index (κ3) is 7.16. The summed E-state index contributed by atoms with van der Waals surface area (Å²) in [6, 6.07) is 0. The van der Waals surface area contributed by atoms with Crippen LogP contribution in [0.15, 0.2) is 12.2 Å². The predicted molar refractivity (Wildman–Crippen MR) is 110 cm³/mol. The molecule has 4 atom stereocenters. The van der Waals surface area contributed by atoms with Crippen molar-refractivity contribution < 1.29 is 24.2 Å². The third-order valence-corrected chi connectivity index (χ3v) is 10.7. The van der Waals surface area contributed by atoms with Crippen LogP contribution in [-0.2, 0) is 14.0 Å². The van der Waals surface area contributed by atoms with E-state index in [1.54, 1.807) is 0 Å². The van der Waals surface area contributed by atoms with Crippen LogP contribution in [0.4, 0.5) is 0 Å². The number of ketones is 1. The van der Waals surface area contributed by atoms with Crippen molar-refractivity contribution in [2.24, 2.45) is 11.8 Å². The van der Waals surface area contributed by atoms with Crippen LogP contribution in [0.1, 0.15) is 66.2 Å². The van der Waals surface area contributed by atoms with Crippen LogP contribution >= 0.6 is 0 Å². The van der Waals surface area contributed by atoms with Crippen LogP contribution in [0.5, 0.6) is 0 Å². The number of carbonyl (C=O) groups is 2. The fraction of sp³-hybridized carbons (Fsp3) is 0.810. The Balaban J connectivity index is 2.88. The lowest BCUT2D eigenvalue weighted by molar-refractivity contribution is -0.139. The van der Waals surface area contributed by atoms with E-state index in [0.717, 1.165) is 6.42 Å². The quantitative estimate of drug-likeness (QED) is 0.416. The fourth-order valence-corrected chi connectivity index (χ4v) is 4.92. The molecule has 27 heavy (non-hydrogen) atoms. The van der Waals surface area contributed by atoms with Crippen LogP contribution in [0.3, 0.4) is 0 Å². The van der Waals surface area contributed by atoms with Crippen LogP contribution in [0.25, 0.3) is 0 Å². The van der Waals surface area contributed by atoms with Crippen molar-refractivity contribution in [1.82, 2.24) is 0 Å². The molecule has 0 aromatic rings. The first-order chi connectivity index (χ1) is 12.4. The average Bonchev–Trinajstić information content (AvgIpc) is 2.78. The van der Waals surface area contributed by atoms with E-state index in [-0.39, 0.29) is 35.2 Å². The molecule has 0 unspecified atom stereocenters. The van der Waals surface area contributed by atoms with Crippen molar-refractivity contribution in [3.63, 3.8) is 0 Å². The van der Waals surface area contributed by atoms with Crippen molar-refractivity contribution in [3.05, 3.63) is 12.2 Å². The van der Waals surface area contributed by atoms with Crippen LogP contribution in [0.2, 0.25) is 18.1 Å². The van der Waals surface area contributed by atoms with Crippen molar-refractivity contribution in [2.45, 2.75) is 96.6 Å². The molecule has 1 aliphatic rings. The van der Waals surface area contributed by atoms with Crippen LogP contribution < -0.4 is 0 Å². The summed E-state index contributed by atoms with van der Waals surface area (Å²) in [6.07, 6.45) is 5.70. The summed E-state index contributed by atoms with van der Waals surface area (Å²) in [5.74, 6) is -1.20. The molecule has 0 amide bonds. The number of carbonyl (C=O) groups excluding carboxylic acids is 1. The van der Waals surface area contributed by atoms with Gasteiger partial charge in [-0.25, -0.2) is 0 Å². The maximum atomic E-state index is 12.2. The molecule has 156 valence electrons. The second-order valence-electron chi connectivity index (χ2n) is 9.31. The molecule has 0 radical (unpaired) electrons. The average molecular weight is 399 g/mol. The molecule has 1 fully saturated rings. The summed E-state index contributed by atoms with van der Waals surface area (Å²) < 4.78 is 6.55. The molecule has 1 saturated carbocycles. The highest BCUT2D eigenvalue weighted by atomic mass is 28.4. The van der Waals surface area contributed by atoms with Gasteiger partial charge in [0.15, 0.2) is 8.32 Å². The Bertz CT molecular complexity index is 535. The van der Waals surface area contributed by atoms with E-state index in [1.807, 2.05) is 19.1 Å². The predicted octanol–water partition coefficient (Wildman–Crippen LogP) is 4.55. The fourth-order valence-electron chi connectivity index (χ4n) is 3.54. The van der Waals surface area contributed by atoms with Crippen LogP contribution in [-0.4, -0.2) is 42.5 Å². The summed E-state index contributed by atoms with van der Waals surface area (Å²) in [7, 11) is -2.05. The summed E-state index contributed by atoms with van der Waals surface area (Å²) >= 11 is 0. The van der Waals surface area contributed by atoms with Crippen molar-refractivity contribution in [3.8, 4) is 0 Å². The number of allylic oxidation sites excluding steroid dienone is 2. The largest absolute Gasteiger partial charge is 0.481 e. The van der Waals surface area contributed by atoms with E-state index in [2.05, 4.69) is 33.9 Å². The normalized spacial score (nSPS) is 26.6. The number of hydrogen-bond donors (Lipinski definition) is 2. The van der Waals surface area contributed by atoms with E-state index in [9.17, 15) is 19.8 Å². The highest BCUT2D eigenvalue weighted by Gasteiger charge is 2.48. The molecule has 0 bridgehead atoms. The van der Waals surface area contributed by atoms with Gasteiger partial charge in [0, 0.05) is 18.8 Å². The smallest absolute Gasteiger partial charge is 0.303 e. The zero-order valence-electron chi connectivity index (χ0n) is 17.8. The standard InChI is InChI=1S/C21H38O5Si/c1-7-8-9-10-15(22)11-12-16-17(13-20(24)25)18(23)14-19(16)26-27(5,6)21(2,3)4/h8-9,16-19,23H,7,10-14H2,1-6H3,(H,24,25)/b9-8-/t16-,17-,18+,19-/m0/s1. The number of aliphatic carboxylic acids is 1. The Kier molecular flexibility index (Phi) is 8.90. The number of rotatable bonds is 10. The molecule has 0 heterocycles. The van der Waals surface area contributed by atoms with Gasteiger partial charge in [0.05, 0.1) is 18.6 Å². The molecule has 0 spiro atoms. The third-order valence-electron chi connectivity index (χ3n) is 6.16. The Labute approximate surface area is 165 Å². The first-order valence-corrected chi connectivity index (χ1v) is 13.0. The number of Topliss-reactive ketones (excluding diaryl/α,β-unsaturated/α-hetero) is 1. The SMILES string of the molecule is CC/C=C\CC(=O)CC[C@H]1[C@H](CC(=O)O)[C@H](O)C[C@@H]1O[Si](C)(C)C(C)(C)C. The lowest BCUT2D eigenvalue weighted by atomic mass is 9.86. The molecule has 0 aliphatic heterocycles. The zero-order chi connectivity index (χ0) is 20.8. The zero-order valence-corrected chi connectivity index (χ0v) is 18.8. The minimum Gasteiger partial charge on any atom is -0.481 e. The molecule has 1 rings (SSSR count). The summed E-state index contributed by atoms with van der Waals surface area (Å²) in [6.45, 7) is 12.9. The summed E-state index contributed by atoms with van der Waals surface area (Å²) in [4.78, 5) is 23.5. The molecule has 0 aromatic carbocycles. The maximum absolute atomic E-state index is 12.2. The molecule has 6 heteroatoms. The van der Waals surface area contributed by atoms with E-state index in [0.29, 0.717) is 25.7 Å². The second kappa shape index (κ2) is 9.98. The highest BCUT2D eigenvalue weighted by molar-refractivity contribution is 6.74. The molecule has 2 N–H and O–H groups in total. The van der Waals surface area contributed by atoms with E-state index in [1.165, 1.54) is 0 Å². The van der Waals surface area contributed by atoms with E-state index >= 15 is 0 Å². The van der Waals surface area contributed by atoms with Crippen molar-refractivity contribution >= 4 is 20.1 Å². The Morgan fingerprint density at radius 2 is 1.81 bits per heavy atom. The molecule has 5 nitrogen and oxygen atoms in total. The number of aliphatic hydroxyl groups excluding tert-OH is 1. The first-order valence-electron chi connectivity index (χ1n) is 10.1. The van der Waals surface area contributed by atoms with Gasteiger partial charge in [-0.15, -0.1) is 0 Å². The van der Waals surface area contributed by atoms with Crippen LogP contribution in [0, 0.1) is 11.8 Å². The minimum atomic E-state index is -2.05. The van der Waals surface area contributed by atoms with Crippen molar-refractivity contribution in [1.29, 1.82) is 0 Å². The van der Waals surface area contributed by atoms with Gasteiger partial charge in [0.25, 0.3) is 0 Å². The number of carboxylic acid groups (broad SMARTS) is 1. The van der Waals surface area contributed by atoms with Gasteiger partial charge in [-0.1, -0.05) is 39.8 Å².